The monoisotopic (exact) mass is 396 g/mol. The molecule has 1 saturated heterocycles. The van der Waals surface area contributed by atoms with Crippen molar-refractivity contribution in [2.24, 2.45) is 5.92 Å². The molecule has 2 aromatic carbocycles. The highest BCUT2D eigenvalue weighted by molar-refractivity contribution is 6.06. The Morgan fingerprint density at radius 1 is 1.10 bits per heavy atom. The summed E-state index contributed by atoms with van der Waals surface area (Å²) in [6, 6.07) is 14.0. The first-order valence-electron chi connectivity index (χ1n) is 10.1. The van der Waals surface area contributed by atoms with Crippen LogP contribution in [0.15, 0.2) is 48.5 Å². The zero-order valence-electron chi connectivity index (χ0n) is 16.9. The van der Waals surface area contributed by atoms with Crippen LogP contribution in [0.5, 0.6) is 5.75 Å². The zero-order chi connectivity index (χ0) is 20.6. The minimum Gasteiger partial charge on any atom is -0.492 e. The van der Waals surface area contributed by atoms with Gasteiger partial charge in [-0.2, -0.15) is 0 Å². The number of anilines is 1. The fraction of sp³-hybridized carbons (Fsp3) is 0.391. The van der Waals surface area contributed by atoms with Gasteiger partial charge in [0.15, 0.2) is 0 Å². The van der Waals surface area contributed by atoms with Gasteiger partial charge in [0.25, 0.3) is 11.8 Å². The highest BCUT2D eigenvalue weighted by Gasteiger charge is 2.17. The van der Waals surface area contributed by atoms with Crippen molar-refractivity contribution >= 4 is 17.5 Å². The van der Waals surface area contributed by atoms with Gasteiger partial charge in [0.2, 0.25) is 0 Å². The second-order valence-electron chi connectivity index (χ2n) is 7.58. The Labute approximate surface area is 171 Å². The number of carbonyl (C=O) groups is 2. The Hall–Kier alpha value is -2.86. The van der Waals surface area contributed by atoms with Crippen LogP contribution in [0.1, 0.15) is 47.4 Å². The van der Waals surface area contributed by atoms with Gasteiger partial charge in [-0.05, 0) is 55.2 Å². The van der Waals surface area contributed by atoms with E-state index in [0.29, 0.717) is 41.6 Å². The predicted molar refractivity (Wildman–Crippen MR) is 112 cm³/mol. The molecule has 154 valence electrons. The molecule has 0 bridgehead atoms. The molecular formula is C23H28N2O4. The molecule has 2 aromatic rings. The molecule has 1 fully saturated rings. The van der Waals surface area contributed by atoms with Gasteiger partial charge >= 0.3 is 0 Å². The molecule has 29 heavy (non-hydrogen) atoms. The Balaban J connectivity index is 1.58. The summed E-state index contributed by atoms with van der Waals surface area (Å²) in [5.74, 6) is 0.527. The number of nitrogens with one attached hydrogen (secondary N) is 2. The molecule has 6 nitrogen and oxygen atoms in total. The van der Waals surface area contributed by atoms with E-state index < -0.39 is 0 Å². The summed E-state index contributed by atoms with van der Waals surface area (Å²) in [6.07, 6.45) is 2.13. The van der Waals surface area contributed by atoms with E-state index in [1.807, 2.05) is 6.07 Å². The first-order valence-corrected chi connectivity index (χ1v) is 10.1. The maximum absolute atomic E-state index is 12.7. The summed E-state index contributed by atoms with van der Waals surface area (Å²) >= 11 is 0. The topological polar surface area (TPSA) is 76.7 Å². The fourth-order valence-corrected chi connectivity index (χ4v) is 3.05. The molecule has 6 heteroatoms. The van der Waals surface area contributed by atoms with Crippen LogP contribution in [0.3, 0.4) is 0 Å². The Kier molecular flexibility index (Phi) is 7.25. The van der Waals surface area contributed by atoms with Crippen LogP contribution in [-0.2, 0) is 4.74 Å². The van der Waals surface area contributed by atoms with E-state index in [9.17, 15) is 9.59 Å². The van der Waals surface area contributed by atoms with Crippen molar-refractivity contribution in [1.29, 1.82) is 0 Å². The van der Waals surface area contributed by atoms with Gasteiger partial charge in [0.05, 0.1) is 18.3 Å². The lowest BCUT2D eigenvalue weighted by molar-refractivity contribution is 0.0857. The predicted octanol–water partition coefficient (Wildman–Crippen LogP) is 3.88. The van der Waals surface area contributed by atoms with E-state index in [0.717, 1.165) is 19.4 Å². The lowest BCUT2D eigenvalue weighted by atomic mass is 10.1. The first kappa shape index (κ1) is 20.9. The number of carbonyl (C=O) groups excluding carboxylic acids is 2. The summed E-state index contributed by atoms with van der Waals surface area (Å²) in [6.45, 7) is 5.94. The van der Waals surface area contributed by atoms with E-state index in [1.165, 1.54) is 0 Å². The molecule has 0 spiro atoms. The number of benzene rings is 2. The number of amides is 2. The number of ether oxygens (including phenoxy) is 2. The SMILES string of the molecule is CC(C)COc1ccccc1C(=O)Nc1ccc(C(=O)NCC2CCCO2)cc1. The van der Waals surface area contributed by atoms with E-state index >= 15 is 0 Å². The third-order valence-electron chi connectivity index (χ3n) is 4.62. The van der Waals surface area contributed by atoms with Gasteiger partial charge < -0.3 is 20.1 Å². The van der Waals surface area contributed by atoms with Gasteiger partial charge in [-0.15, -0.1) is 0 Å². The standard InChI is InChI=1S/C23H28N2O4/c1-16(2)15-29-21-8-4-3-7-20(21)23(27)25-18-11-9-17(10-12-18)22(26)24-14-19-6-5-13-28-19/h3-4,7-12,16,19H,5-6,13-15H2,1-2H3,(H,24,26)(H,25,27). The molecule has 1 unspecified atom stereocenters. The van der Waals surface area contributed by atoms with Crippen molar-refractivity contribution in [3.05, 3.63) is 59.7 Å². The average Bonchev–Trinajstić information content (AvgIpc) is 3.25. The van der Waals surface area contributed by atoms with Crippen molar-refractivity contribution in [1.82, 2.24) is 5.32 Å². The molecular weight excluding hydrogens is 368 g/mol. The van der Waals surface area contributed by atoms with E-state index in [2.05, 4.69) is 24.5 Å². The van der Waals surface area contributed by atoms with Gasteiger partial charge in [0, 0.05) is 24.4 Å². The summed E-state index contributed by atoms with van der Waals surface area (Å²) in [5, 5.41) is 5.75. The van der Waals surface area contributed by atoms with Gasteiger partial charge in [-0.1, -0.05) is 26.0 Å². The summed E-state index contributed by atoms with van der Waals surface area (Å²) in [4.78, 5) is 24.9. The molecule has 0 saturated carbocycles. The van der Waals surface area contributed by atoms with Crippen LogP contribution in [0.2, 0.25) is 0 Å². The minimum atomic E-state index is -0.250. The second kappa shape index (κ2) is 10.1. The zero-order valence-corrected chi connectivity index (χ0v) is 16.9. The van der Waals surface area contributed by atoms with Crippen LogP contribution in [0.25, 0.3) is 0 Å². The van der Waals surface area contributed by atoms with Gasteiger partial charge in [-0.3, -0.25) is 9.59 Å². The third-order valence-corrected chi connectivity index (χ3v) is 4.62. The van der Waals surface area contributed by atoms with Crippen LogP contribution < -0.4 is 15.4 Å². The Bertz CT molecular complexity index is 827. The molecule has 1 heterocycles. The fourth-order valence-electron chi connectivity index (χ4n) is 3.05. The molecule has 2 amide bonds. The number of hydrogen-bond donors (Lipinski definition) is 2. The number of rotatable bonds is 8. The molecule has 0 radical (unpaired) electrons. The molecule has 1 aliphatic rings. The Morgan fingerprint density at radius 2 is 1.86 bits per heavy atom. The molecule has 1 aliphatic heterocycles. The molecule has 3 rings (SSSR count). The highest BCUT2D eigenvalue weighted by atomic mass is 16.5. The van der Waals surface area contributed by atoms with Gasteiger partial charge in [0.1, 0.15) is 5.75 Å². The maximum Gasteiger partial charge on any atom is 0.259 e. The number of hydrogen-bond acceptors (Lipinski definition) is 4. The van der Waals surface area contributed by atoms with Crippen molar-refractivity contribution in [2.45, 2.75) is 32.8 Å². The van der Waals surface area contributed by atoms with E-state index in [1.54, 1.807) is 42.5 Å². The molecule has 2 N–H and O–H groups in total. The van der Waals surface area contributed by atoms with Crippen LogP contribution in [0, 0.1) is 5.92 Å². The smallest absolute Gasteiger partial charge is 0.259 e. The quantitative estimate of drug-likeness (QED) is 0.710. The van der Waals surface area contributed by atoms with E-state index in [-0.39, 0.29) is 17.9 Å². The first-order chi connectivity index (χ1) is 14.0. The van der Waals surface area contributed by atoms with Crippen LogP contribution in [-0.4, -0.2) is 37.7 Å². The third kappa shape index (κ3) is 6.06. The number of para-hydroxylation sites is 1. The minimum absolute atomic E-state index is 0.107. The van der Waals surface area contributed by atoms with Crippen molar-refractivity contribution in [2.75, 3.05) is 25.1 Å². The second-order valence-corrected chi connectivity index (χ2v) is 7.58. The summed E-state index contributed by atoms with van der Waals surface area (Å²) in [7, 11) is 0. The normalized spacial score (nSPS) is 15.9. The molecule has 0 aliphatic carbocycles. The Morgan fingerprint density at radius 3 is 2.55 bits per heavy atom. The molecule has 1 atom stereocenters. The van der Waals surface area contributed by atoms with E-state index in [4.69, 9.17) is 9.47 Å². The lowest BCUT2D eigenvalue weighted by Gasteiger charge is -2.13. The van der Waals surface area contributed by atoms with Crippen LogP contribution in [0.4, 0.5) is 5.69 Å². The average molecular weight is 396 g/mol. The highest BCUT2D eigenvalue weighted by Crippen LogP contribution is 2.21. The van der Waals surface area contributed by atoms with Crippen LogP contribution >= 0.6 is 0 Å². The largest absolute Gasteiger partial charge is 0.492 e. The maximum atomic E-state index is 12.7. The van der Waals surface area contributed by atoms with Gasteiger partial charge in [-0.25, -0.2) is 0 Å². The van der Waals surface area contributed by atoms with Crippen molar-refractivity contribution < 1.29 is 19.1 Å². The molecule has 0 aromatic heterocycles. The lowest BCUT2D eigenvalue weighted by Crippen LogP contribution is -2.31. The van der Waals surface area contributed by atoms with Crippen molar-refractivity contribution in [3.63, 3.8) is 0 Å². The summed E-state index contributed by atoms with van der Waals surface area (Å²) in [5.41, 5.74) is 1.64. The summed E-state index contributed by atoms with van der Waals surface area (Å²) < 4.78 is 11.3. The van der Waals surface area contributed by atoms with Crippen molar-refractivity contribution in [3.8, 4) is 5.75 Å².